The zero-order valence-corrected chi connectivity index (χ0v) is 14.8. The van der Waals surface area contributed by atoms with Crippen LogP contribution in [0.3, 0.4) is 0 Å². The van der Waals surface area contributed by atoms with Gasteiger partial charge in [0.1, 0.15) is 5.82 Å². The second kappa shape index (κ2) is 6.06. The van der Waals surface area contributed by atoms with Crippen molar-refractivity contribution < 1.29 is 4.39 Å². The molecule has 2 atom stereocenters. The molecule has 2 bridgehead atoms. The van der Waals surface area contributed by atoms with E-state index in [9.17, 15) is 4.39 Å². The molecule has 0 aliphatic carbocycles. The van der Waals surface area contributed by atoms with Crippen molar-refractivity contribution in [2.45, 2.75) is 32.0 Å². The van der Waals surface area contributed by atoms with Gasteiger partial charge in [-0.15, -0.1) is 0 Å². The normalized spacial score (nSPS) is 22.6. The molecule has 1 aromatic carbocycles. The predicted octanol–water partition coefficient (Wildman–Crippen LogP) is 2.84. The van der Waals surface area contributed by atoms with Crippen LogP contribution < -0.4 is 4.90 Å². The van der Waals surface area contributed by atoms with E-state index in [1.54, 1.807) is 6.07 Å². The lowest BCUT2D eigenvalue weighted by atomic mass is 9.87. The Morgan fingerprint density at radius 3 is 2.77 bits per heavy atom. The number of anilines is 1. The molecule has 2 unspecified atom stereocenters. The van der Waals surface area contributed by atoms with Gasteiger partial charge >= 0.3 is 0 Å². The first-order valence-electron chi connectivity index (χ1n) is 9.22. The topological polar surface area (TPSA) is 37.2 Å². The number of fused-ring (bicyclic) bond motifs is 3. The number of hydrogen-bond donors (Lipinski definition) is 0. The summed E-state index contributed by atoms with van der Waals surface area (Å²) >= 11 is 0. The molecule has 2 aromatic heterocycles. The Kier molecular flexibility index (Phi) is 3.67. The predicted molar refractivity (Wildman–Crippen MR) is 99.8 cm³/mol. The summed E-state index contributed by atoms with van der Waals surface area (Å²) in [6.45, 7) is 5.96. The van der Waals surface area contributed by atoms with Gasteiger partial charge in [0.2, 0.25) is 5.95 Å². The minimum absolute atomic E-state index is 0.175. The van der Waals surface area contributed by atoms with Crippen LogP contribution in [0.25, 0.3) is 10.9 Å². The summed E-state index contributed by atoms with van der Waals surface area (Å²) in [5.41, 5.74) is 2.12. The van der Waals surface area contributed by atoms with E-state index in [1.807, 2.05) is 31.3 Å². The number of hydrogen-bond acceptors (Lipinski definition) is 4. The fraction of sp³-hybridized carbons (Fsp3) is 0.400. The molecular formula is C20H22FN5. The second-order valence-corrected chi connectivity index (χ2v) is 7.40. The monoisotopic (exact) mass is 351 g/mol. The molecule has 6 rings (SSSR count). The molecule has 0 saturated carbocycles. The maximum atomic E-state index is 13.3. The van der Waals surface area contributed by atoms with Crippen LogP contribution in [0.5, 0.6) is 0 Å². The van der Waals surface area contributed by atoms with Gasteiger partial charge < -0.3 is 9.47 Å². The zero-order chi connectivity index (χ0) is 17.7. The lowest BCUT2D eigenvalue weighted by molar-refractivity contribution is -0.00353. The summed E-state index contributed by atoms with van der Waals surface area (Å²) in [7, 11) is 0. The Balaban J connectivity index is 1.24. The highest BCUT2D eigenvalue weighted by Crippen LogP contribution is 2.33. The number of piperidine rings is 1. The van der Waals surface area contributed by atoms with Crippen LogP contribution in [0.4, 0.5) is 10.3 Å². The summed E-state index contributed by atoms with van der Waals surface area (Å²) in [6.07, 6.45) is 5.17. The molecule has 3 aliphatic heterocycles. The molecule has 5 heterocycles. The van der Waals surface area contributed by atoms with Crippen LogP contribution in [-0.4, -0.2) is 51.2 Å². The fourth-order valence-corrected chi connectivity index (χ4v) is 4.39. The SMILES string of the molecule is Cc1ccnc(N2CC3CC(C2)N3CCn2ccc3cc(F)ccc32)n1. The molecule has 3 aliphatic rings. The van der Waals surface area contributed by atoms with Crippen LogP contribution in [0.2, 0.25) is 0 Å². The third-order valence-corrected chi connectivity index (χ3v) is 5.74. The molecule has 0 radical (unpaired) electrons. The van der Waals surface area contributed by atoms with Crippen molar-refractivity contribution >= 4 is 16.9 Å². The Morgan fingerprint density at radius 2 is 1.96 bits per heavy atom. The van der Waals surface area contributed by atoms with E-state index < -0.39 is 0 Å². The summed E-state index contributed by atoms with van der Waals surface area (Å²) in [4.78, 5) is 13.9. The quantitative estimate of drug-likeness (QED) is 0.724. The number of nitrogens with zero attached hydrogens (tertiary/aromatic N) is 5. The number of halogens is 1. The first kappa shape index (κ1) is 15.8. The maximum absolute atomic E-state index is 13.3. The highest BCUT2D eigenvalue weighted by molar-refractivity contribution is 5.80. The zero-order valence-electron chi connectivity index (χ0n) is 14.8. The van der Waals surface area contributed by atoms with Crippen molar-refractivity contribution in [3.05, 3.63) is 54.2 Å². The number of aromatic nitrogens is 3. The van der Waals surface area contributed by atoms with E-state index in [-0.39, 0.29) is 5.82 Å². The van der Waals surface area contributed by atoms with Crippen molar-refractivity contribution in [1.29, 1.82) is 0 Å². The van der Waals surface area contributed by atoms with Gasteiger partial charge in [0.25, 0.3) is 0 Å². The molecule has 0 spiro atoms. The lowest BCUT2D eigenvalue weighted by Crippen LogP contribution is -2.69. The molecule has 3 saturated heterocycles. The second-order valence-electron chi connectivity index (χ2n) is 7.40. The summed E-state index contributed by atoms with van der Waals surface area (Å²) in [5.74, 6) is 0.684. The molecule has 26 heavy (non-hydrogen) atoms. The average Bonchev–Trinajstić information content (AvgIpc) is 3.04. The van der Waals surface area contributed by atoms with Gasteiger partial charge in [-0.2, -0.15) is 0 Å². The number of aryl methyl sites for hydroxylation is 1. The van der Waals surface area contributed by atoms with E-state index in [2.05, 4.69) is 30.5 Å². The highest BCUT2D eigenvalue weighted by Gasteiger charge is 2.44. The van der Waals surface area contributed by atoms with Crippen molar-refractivity contribution in [2.24, 2.45) is 0 Å². The maximum Gasteiger partial charge on any atom is 0.225 e. The van der Waals surface area contributed by atoms with E-state index in [0.717, 1.165) is 48.7 Å². The Morgan fingerprint density at radius 1 is 1.12 bits per heavy atom. The third-order valence-electron chi connectivity index (χ3n) is 5.74. The van der Waals surface area contributed by atoms with Gasteiger partial charge in [0.15, 0.2) is 0 Å². The van der Waals surface area contributed by atoms with E-state index in [1.165, 1.54) is 12.5 Å². The van der Waals surface area contributed by atoms with Crippen LogP contribution in [0.15, 0.2) is 42.7 Å². The largest absolute Gasteiger partial charge is 0.346 e. The molecule has 6 heteroatoms. The minimum atomic E-state index is -0.175. The van der Waals surface area contributed by atoms with Gasteiger partial charge in [-0.3, -0.25) is 4.90 Å². The van der Waals surface area contributed by atoms with Crippen LogP contribution in [0, 0.1) is 12.7 Å². The molecule has 3 fully saturated rings. The molecule has 3 aromatic rings. The van der Waals surface area contributed by atoms with Crippen molar-refractivity contribution in [3.63, 3.8) is 0 Å². The Labute approximate surface area is 152 Å². The van der Waals surface area contributed by atoms with Gasteiger partial charge in [-0.05, 0) is 43.7 Å². The van der Waals surface area contributed by atoms with Crippen molar-refractivity contribution in [1.82, 2.24) is 19.4 Å². The average molecular weight is 351 g/mol. The van der Waals surface area contributed by atoms with Gasteiger partial charge in [-0.1, -0.05) is 0 Å². The Hall–Kier alpha value is -2.47. The summed E-state index contributed by atoms with van der Waals surface area (Å²) < 4.78 is 15.6. The Bertz CT molecular complexity index is 940. The first-order valence-corrected chi connectivity index (χ1v) is 9.22. The third kappa shape index (κ3) is 2.65. The molecule has 0 N–H and O–H groups in total. The summed E-state index contributed by atoms with van der Waals surface area (Å²) in [5, 5.41) is 0.969. The lowest BCUT2D eigenvalue weighted by Gasteiger charge is -2.56. The van der Waals surface area contributed by atoms with Crippen molar-refractivity contribution in [3.8, 4) is 0 Å². The van der Waals surface area contributed by atoms with E-state index >= 15 is 0 Å². The number of benzene rings is 1. The number of piperazine rings is 1. The van der Waals surface area contributed by atoms with Gasteiger partial charge in [0.05, 0.1) is 0 Å². The fourth-order valence-electron chi connectivity index (χ4n) is 4.39. The van der Waals surface area contributed by atoms with Crippen LogP contribution >= 0.6 is 0 Å². The number of rotatable bonds is 4. The molecule has 5 nitrogen and oxygen atoms in total. The first-order chi connectivity index (χ1) is 12.7. The van der Waals surface area contributed by atoms with Crippen LogP contribution in [0.1, 0.15) is 12.1 Å². The highest BCUT2D eigenvalue weighted by atomic mass is 19.1. The minimum Gasteiger partial charge on any atom is -0.346 e. The van der Waals surface area contributed by atoms with Crippen molar-refractivity contribution in [2.75, 3.05) is 24.5 Å². The van der Waals surface area contributed by atoms with Gasteiger partial charge in [-0.25, -0.2) is 14.4 Å². The smallest absolute Gasteiger partial charge is 0.225 e. The molecule has 0 amide bonds. The van der Waals surface area contributed by atoms with E-state index in [4.69, 9.17) is 0 Å². The standard InChI is InChI=1S/C20H22FN5/c1-14-4-6-22-20(23-14)25-12-17-11-18(13-25)26(17)9-8-24-7-5-15-10-16(21)2-3-19(15)24/h2-7,10,17-18H,8-9,11-13H2,1H3. The van der Waals surface area contributed by atoms with Gasteiger partial charge in [0, 0.05) is 67.3 Å². The molecular weight excluding hydrogens is 329 g/mol. The van der Waals surface area contributed by atoms with Crippen LogP contribution in [-0.2, 0) is 6.54 Å². The van der Waals surface area contributed by atoms with E-state index in [0.29, 0.717) is 12.1 Å². The molecule has 134 valence electrons. The summed E-state index contributed by atoms with van der Waals surface area (Å²) in [6, 6.07) is 10.1.